The Bertz CT molecular complexity index is 379. The summed E-state index contributed by atoms with van der Waals surface area (Å²) in [4.78, 5) is 0. The normalized spacial score (nSPS) is 23.4. The SMILES string of the molecule is CC(CN)(Nc1ccccc1F)C1CCOC1. The second-order valence-electron chi connectivity index (χ2n) is 4.79. The fraction of sp³-hybridized carbons (Fsp3) is 0.538. The van der Waals surface area contributed by atoms with Crippen molar-refractivity contribution in [3.63, 3.8) is 0 Å². The van der Waals surface area contributed by atoms with Crippen LogP contribution in [0, 0.1) is 11.7 Å². The molecular weight excluding hydrogens is 219 g/mol. The Hall–Kier alpha value is -1.13. The second-order valence-corrected chi connectivity index (χ2v) is 4.79. The summed E-state index contributed by atoms with van der Waals surface area (Å²) in [7, 11) is 0. The van der Waals surface area contributed by atoms with E-state index in [2.05, 4.69) is 5.32 Å². The van der Waals surface area contributed by atoms with Gasteiger partial charge in [-0.1, -0.05) is 12.1 Å². The number of benzene rings is 1. The zero-order valence-electron chi connectivity index (χ0n) is 10.1. The van der Waals surface area contributed by atoms with Crippen molar-refractivity contribution in [3.05, 3.63) is 30.1 Å². The average molecular weight is 238 g/mol. The van der Waals surface area contributed by atoms with E-state index < -0.39 is 0 Å². The zero-order chi connectivity index (χ0) is 12.3. The highest BCUT2D eigenvalue weighted by molar-refractivity contribution is 5.47. The van der Waals surface area contributed by atoms with Crippen LogP contribution in [0.4, 0.5) is 10.1 Å². The Morgan fingerprint density at radius 1 is 1.53 bits per heavy atom. The number of para-hydroxylation sites is 1. The van der Waals surface area contributed by atoms with Crippen LogP contribution in [0.25, 0.3) is 0 Å². The maximum absolute atomic E-state index is 13.6. The summed E-state index contributed by atoms with van der Waals surface area (Å²) >= 11 is 0. The number of rotatable bonds is 4. The summed E-state index contributed by atoms with van der Waals surface area (Å²) in [5, 5.41) is 3.24. The van der Waals surface area contributed by atoms with Crippen molar-refractivity contribution in [2.45, 2.75) is 18.9 Å². The van der Waals surface area contributed by atoms with Crippen molar-refractivity contribution in [1.29, 1.82) is 0 Å². The molecule has 0 bridgehead atoms. The molecular formula is C13H19FN2O. The number of ether oxygens (including phenoxy) is 1. The number of anilines is 1. The lowest BCUT2D eigenvalue weighted by molar-refractivity contribution is 0.172. The lowest BCUT2D eigenvalue weighted by Crippen LogP contribution is -2.49. The molecule has 1 aromatic carbocycles. The maximum Gasteiger partial charge on any atom is 0.146 e. The molecule has 94 valence electrons. The van der Waals surface area contributed by atoms with Gasteiger partial charge in [0.05, 0.1) is 17.8 Å². The van der Waals surface area contributed by atoms with Gasteiger partial charge in [-0.15, -0.1) is 0 Å². The van der Waals surface area contributed by atoms with Crippen LogP contribution in [-0.2, 0) is 4.74 Å². The molecule has 0 saturated carbocycles. The minimum Gasteiger partial charge on any atom is -0.381 e. The van der Waals surface area contributed by atoms with Crippen molar-refractivity contribution in [3.8, 4) is 0 Å². The number of nitrogens with two attached hydrogens (primary N) is 1. The number of hydrogen-bond acceptors (Lipinski definition) is 3. The van der Waals surface area contributed by atoms with Gasteiger partial charge in [0.25, 0.3) is 0 Å². The minimum atomic E-state index is -0.321. The standard InChI is InChI=1S/C13H19FN2O/c1-13(9-15,10-6-7-17-8-10)16-12-5-3-2-4-11(12)14/h2-5,10,16H,6-9,15H2,1H3. The molecule has 17 heavy (non-hydrogen) atoms. The monoisotopic (exact) mass is 238 g/mol. The molecule has 1 heterocycles. The summed E-state index contributed by atoms with van der Waals surface area (Å²) in [5.41, 5.74) is 6.03. The van der Waals surface area contributed by atoms with Crippen LogP contribution >= 0.6 is 0 Å². The number of hydrogen-bond donors (Lipinski definition) is 2. The molecule has 1 aromatic rings. The highest BCUT2D eigenvalue weighted by atomic mass is 19.1. The predicted molar refractivity (Wildman–Crippen MR) is 66.4 cm³/mol. The third-order valence-corrected chi connectivity index (χ3v) is 3.55. The van der Waals surface area contributed by atoms with E-state index >= 15 is 0 Å². The van der Waals surface area contributed by atoms with Gasteiger partial charge in [0, 0.05) is 19.1 Å². The van der Waals surface area contributed by atoms with Crippen molar-refractivity contribution < 1.29 is 9.13 Å². The highest BCUT2D eigenvalue weighted by Crippen LogP contribution is 2.29. The molecule has 3 nitrogen and oxygen atoms in total. The first-order valence-electron chi connectivity index (χ1n) is 5.96. The Labute approximate surface area is 101 Å². The fourth-order valence-electron chi connectivity index (χ4n) is 2.23. The molecule has 2 rings (SSSR count). The zero-order valence-corrected chi connectivity index (χ0v) is 10.1. The Kier molecular flexibility index (Phi) is 3.64. The largest absolute Gasteiger partial charge is 0.381 e. The second kappa shape index (κ2) is 5.02. The fourth-order valence-corrected chi connectivity index (χ4v) is 2.23. The van der Waals surface area contributed by atoms with Gasteiger partial charge in [-0.2, -0.15) is 0 Å². The molecule has 1 aliphatic heterocycles. The van der Waals surface area contributed by atoms with Crippen LogP contribution < -0.4 is 11.1 Å². The van der Waals surface area contributed by atoms with E-state index in [1.165, 1.54) is 6.07 Å². The quantitative estimate of drug-likeness (QED) is 0.843. The van der Waals surface area contributed by atoms with Gasteiger partial charge in [0.15, 0.2) is 0 Å². The van der Waals surface area contributed by atoms with Crippen LogP contribution in [0.1, 0.15) is 13.3 Å². The molecule has 0 spiro atoms. The van der Waals surface area contributed by atoms with Crippen molar-refractivity contribution in [2.75, 3.05) is 25.1 Å². The van der Waals surface area contributed by atoms with E-state index in [0.717, 1.165) is 13.0 Å². The lowest BCUT2D eigenvalue weighted by Gasteiger charge is -2.35. The van der Waals surface area contributed by atoms with Gasteiger partial charge in [-0.25, -0.2) is 4.39 Å². The molecule has 1 aliphatic rings. The summed E-state index contributed by atoms with van der Waals surface area (Å²) < 4.78 is 19.0. The van der Waals surface area contributed by atoms with Crippen molar-refractivity contribution in [1.82, 2.24) is 0 Å². The van der Waals surface area contributed by atoms with Gasteiger partial charge in [-0.05, 0) is 25.5 Å². The van der Waals surface area contributed by atoms with Gasteiger partial charge in [-0.3, -0.25) is 0 Å². The molecule has 1 fully saturated rings. The van der Waals surface area contributed by atoms with Crippen molar-refractivity contribution in [2.24, 2.45) is 11.7 Å². The molecule has 0 aliphatic carbocycles. The van der Waals surface area contributed by atoms with Crippen LogP contribution in [-0.4, -0.2) is 25.3 Å². The summed E-state index contributed by atoms with van der Waals surface area (Å²) in [6.07, 6.45) is 0.967. The van der Waals surface area contributed by atoms with Gasteiger partial charge in [0.2, 0.25) is 0 Å². The first-order valence-corrected chi connectivity index (χ1v) is 5.96. The lowest BCUT2D eigenvalue weighted by atomic mass is 9.84. The number of nitrogens with one attached hydrogen (secondary N) is 1. The molecule has 0 aromatic heterocycles. The van der Waals surface area contributed by atoms with E-state index in [9.17, 15) is 4.39 Å². The van der Waals surface area contributed by atoms with Crippen LogP contribution in [0.15, 0.2) is 24.3 Å². The molecule has 0 radical (unpaired) electrons. The molecule has 1 saturated heterocycles. The molecule has 4 heteroatoms. The van der Waals surface area contributed by atoms with Crippen LogP contribution in [0.3, 0.4) is 0 Å². The maximum atomic E-state index is 13.6. The predicted octanol–water partition coefficient (Wildman–Crippen LogP) is 1.99. The third kappa shape index (κ3) is 2.58. The van der Waals surface area contributed by atoms with E-state index in [4.69, 9.17) is 10.5 Å². The van der Waals surface area contributed by atoms with E-state index in [1.807, 2.05) is 13.0 Å². The topological polar surface area (TPSA) is 47.3 Å². The minimum absolute atomic E-state index is 0.244. The van der Waals surface area contributed by atoms with Crippen molar-refractivity contribution >= 4 is 5.69 Å². The first-order chi connectivity index (χ1) is 8.15. The summed E-state index contributed by atoms with van der Waals surface area (Å²) in [5.74, 6) is 0.0817. The Morgan fingerprint density at radius 2 is 2.29 bits per heavy atom. The third-order valence-electron chi connectivity index (χ3n) is 3.55. The summed E-state index contributed by atoms with van der Waals surface area (Å²) in [6, 6.07) is 6.68. The highest BCUT2D eigenvalue weighted by Gasteiger charge is 2.35. The first kappa shape index (κ1) is 12.3. The van der Waals surface area contributed by atoms with E-state index in [-0.39, 0.29) is 11.4 Å². The van der Waals surface area contributed by atoms with Crippen LogP contribution in [0.2, 0.25) is 0 Å². The molecule has 3 N–H and O–H groups in total. The molecule has 2 atom stereocenters. The van der Waals surface area contributed by atoms with Gasteiger partial charge >= 0.3 is 0 Å². The summed E-state index contributed by atoms with van der Waals surface area (Å²) in [6.45, 7) is 3.93. The van der Waals surface area contributed by atoms with E-state index in [0.29, 0.717) is 24.8 Å². The molecule has 2 unspecified atom stereocenters. The molecule has 0 amide bonds. The Morgan fingerprint density at radius 3 is 2.88 bits per heavy atom. The number of halogens is 1. The van der Waals surface area contributed by atoms with Gasteiger partial charge in [0.1, 0.15) is 5.82 Å². The smallest absolute Gasteiger partial charge is 0.146 e. The Balaban J connectivity index is 2.16. The van der Waals surface area contributed by atoms with Crippen LogP contribution in [0.5, 0.6) is 0 Å². The average Bonchev–Trinajstić information content (AvgIpc) is 2.86. The van der Waals surface area contributed by atoms with E-state index in [1.54, 1.807) is 12.1 Å². The van der Waals surface area contributed by atoms with Gasteiger partial charge < -0.3 is 15.8 Å².